The quantitative estimate of drug-likeness (QED) is 0.601. The van der Waals surface area contributed by atoms with Crippen molar-refractivity contribution in [3.63, 3.8) is 0 Å². The Morgan fingerprint density at radius 1 is 1.46 bits per heavy atom. The molecule has 0 saturated carbocycles. The van der Waals surface area contributed by atoms with E-state index in [1.165, 1.54) is 6.07 Å². The Kier molecular flexibility index (Phi) is 2.97. The van der Waals surface area contributed by atoms with E-state index in [1.807, 2.05) is 0 Å². The van der Waals surface area contributed by atoms with Crippen LogP contribution in [0.15, 0.2) is 12.1 Å². The number of phenols is 1. The highest BCUT2D eigenvalue weighted by Gasteiger charge is 2.04. The number of anilines is 1. The van der Waals surface area contributed by atoms with Crippen LogP contribution in [-0.4, -0.2) is 23.4 Å². The highest BCUT2D eigenvalue weighted by Crippen LogP contribution is 2.29. The Morgan fingerprint density at radius 3 is 2.77 bits per heavy atom. The van der Waals surface area contributed by atoms with Crippen molar-refractivity contribution < 1.29 is 14.9 Å². The van der Waals surface area contributed by atoms with Crippen LogP contribution in [0.5, 0.6) is 11.5 Å². The van der Waals surface area contributed by atoms with Gasteiger partial charge in [0.2, 0.25) is 0 Å². The Labute approximate surface area is 76.6 Å². The molecular weight excluding hydrogens is 170 g/mol. The lowest BCUT2D eigenvalue weighted by Gasteiger charge is -2.09. The standard InChI is InChI=1S/C9H13NO3/c1-6-4-9(13-3-2-11)7(10)5-8(6)12/h4-5,11-12H,2-3,10H2,1H3. The molecule has 0 atom stereocenters. The molecule has 72 valence electrons. The van der Waals surface area contributed by atoms with Gasteiger partial charge in [0.1, 0.15) is 18.1 Å². The molecule has 4 nitrogen and oxygen atoms in total. The van der Waals surface area contributed by atoms with Crippen LogP contribution < -0.4 is 10.5 Å². The first kappa shape index (κ1) is 9.67. The summed E-state index contributed by atoms with van der Waals surface area (Å²) in [5.74, 6) is 0.637. The molecule has 0 aromatic heterocycles. The minimum atomic E-state index is -0.0562. The minimum Gasteiger partial charge on any atom is -0.508 e. The molecule has 0 heterocycles. The van der Waals surface area contributed by atoms with Crippen molar-refractivity contribution in [2.75, 3.05) is 18.9 Å². The summed E-state index contributed by atoms with van der Waals surface area (Å²) < 4.78 is 5.14. The molecule has 0 aliphatic heterocycles. The van der Waals surface area contributed by atoms with Crippen molar-refractivity contribution in [1.29, 1.82) is 0 Å². The molecule has 0 aliphatic rings. The Hall–Kier alpha value is -1.42. The summed E-state index contributed by atoms with van der Waals surface area (Å²) in [4.78, 5) is 0. The second kappa shape index (κ2) is 4.00. The normalized spacial score (nSPS) is 10.0. The van der Waals surface area contributed by atoms with Crippen molar-refractivity contribution >= 4 is 5.69 Å². The van der Waals surface area contributed by atoms with Crippen LogP contribution in [0.3, 0.4) is 0 Å². The highest BCUT2D eigenvalue weighted by molar-refractivity contribution is 5.58. The van der Waals surface area contributed by atoms with Crippen LogP contribution in [0.25, 0.3) is 0 Å². The third-order valence-electron chi connectivity index (χ3n) is 1.68. The zero-order valence-electron chi connectivity index (χ0n) is 7.45. The Morgan fingerprint density at radius 2 is 2.15 bits per heavy atom. The van der Waals surface area contributed by atoms with Crippen LogP contribution in [0.1, 0.15) is 5.56 Å². The lowest BCUT2D eigenvalue weighted by atomic mass is 10.2. The van der Waals surface area contributed by atoms with E-state index < -0.39 is 0 Å². The largest absolute Gasteiger partial charge is 0.508 e. The van der Waals surface area contributed by atoms with Gasteiger partial charge in [0.05, 0.1) is 12.3 Å². The van der Waals surface area contributed by atoms with Crippen LogP contribution in [0, 0.1) is 6.92 Å². The molecule has 13 heavy (non-hydrogen) atoms. The van der Waals surface area contributed by atoms with Crippen molar-refractivity contribution in [1.82, 2.24) is 0 Å². The van der Waals surface area contributed by atoms with E-state index in [0.29, 0.717) is 17.0 Å². The summed E-state index contributed by atoms with van der Waals surface area (Å²) in [5.41, 5.74) is 6.63. The first-order chi connectivity index (χ1) is 6.15. The number of aromatic hydroxyl groups is 1. The predicted octanol–water partition coefficient (Wildman–Crippen LogP) is 0.654. The molecule has 1 aromatic carbocycles. The first-order valence-corrected chi connectivity index (χ1v) is 3.98. The first-order valence-electron chi connectivity index (χ1n) is 3.98. The molecule has 0 radical (unpaired) electrons. The van der Waals surface area contributed by atoms with Gasteiger partial charge in [0, 0.05) is 6.07 Å². The second-order valence-electron chi connectivity index (χ2n) is 2.75. The van der Waals surface area contributed by atoms with Gasteiger partial charge in [0.15, 0.2) is 0 Å². The summed E-state index contributed by atoms with van der Waals surface area (Å²) >= 11 is 0. The van der Waals surface area contributed by atoms with E-state index in [4.69, 9.17) is 15.6 Å². The van der Waals surface area contributed by atoms with Gasteiger partial charge < -0.3 is 20.7 Å². The number of benzene rings is 1. The molecule has 0 saturated heterocycles. The van der Waals surface area contributed by atoms with Crippen molar-refractivity contribution in [2.45, 2.75) is 6.92 Å². The van der Waals surface area contributed by atoms with Crippen LogP contribution >= 0.6 is 0 Å². The van der Waals surface area contributed by atoms with Gasteiger partial charge in [-0.2, -0.15) is 0 Å². The Bertz CT molecular complexity index is 299. The smallest absolute Gasteiger partial charge is 0.142 e. The predicted molar refractivity (Wildman–Crippen MR) is 49.8 cm³/mol. The fourth-order valence-electron chi connectivity index (χ4n) is 0.967. The molecule has 0 unspecified atom stereocenters. The number of nitrogens with two attached hydrogens (primary N) is 1. The molecule has 4 heteroatoms. The highest BCUT2D eigenvalue weighted by atomic mass is 16.5. The second-order valence-corrected chi connectivity index (χ2v) is 2.75. The van der Waals surface area contributed by atoms with Gasteiger partial charge in [-0.1, -0.05) is 0 Å². The molecule has 0 aliphatic carbocycles. The number of aliphatic hydroxyl groups excluding tert-OH is 1. The number of rotatable bonds is 3. The Balaban J connectivity index is 2.88. The number of nitrogen functional groups attached to an aromatic ring is 1. The van der Waals surface area contributed by atoms with Gasteiger partial charge in [-0.15, -0.1) is 0 Å². The average molecular weight is 183 g/mol. The number of aliphatic hydroxyl groups is 1. The fourth-order valence-corrected chi connectivity index (χ4v) is 0.967. The van der Waals surface area contributed by atoms with Gasteiger partial charge >= 0.3 is 0 Å². The van der Waals surface area contributed by atoms with Crippen molar-refractivity contribution in [3.05, 3.63) is 17.7 Å². The summed E-state index contributed by atoms with van der Waals surface area (Å²) in [5, 5.41) is 17.8. The van der Waals surface area contributed by atoms with E-state index >= 15 is 0 Å². The molecule has 1 rings (SSSR count). The third-order valence-corrected chi connectivity index (χ3v) is 1.68. The topological polar surface area (TPSA) is 75.7 Å². The SMILES string of the molecule is Cc1cc(OCCO)c(N)cc1O. The van der Waals surface area contributed by atoms with Gasteiger partial charge in [-0.25, -0.2) is 0 Å². The number of hydrogen-bond donors (Lipinski definition) is 3. The summed E-state index contributed by atoms with van der Waals surface area (Å²) in [6, 6.07) is 3.07. The van der Waals surface area contributed by atoms with Crippen LogP contribution in [-0.2, 0) is 0 Å². The molecule has 4 N–H and O–H groups in total. The maximum atomic E-state index is 9.27. The van der Waals surface area contributed by atoms with Crippen molar-refractivity contribution in [3.8, 4) is 11.5 Å². The zero-order chi connectivity index (χ0) is 9.84. The van der Waals surface area contributed by atoms with E-state index in [1.54, 1.807) is 13.0 Å². The summed E-state index contributed by atoms with van der Waals surface area (Å²) in [6.07, 6.45) is 0. The van der Waals surface area contributed by atoms with E-state index in [0.717, 1.165) is 0 Å². The number of hydrogen-bond acceptors (Lipinski definition) is 4. The number of phenolic OH excluding ortho intramolecular Hbond substituents is 1. The maximum absolute atomic E-state index is 9.27. The van der Waals surface area contributed by atoms with Gasteiger partial charge in [-0.3, -0.25) is 0 Å². The zero-order valence-corrected chi connectivity index (χ0v) is 7.45. The molecule has 0 fully saturated rings. The fraction of sp³-hybridized carbons (Fsp3) is 0.333. The number of aryl methyl sites for hydroxylation is 1. The van der Waals surface area contributed by atoms with Crippen LogP contribution in [0.4, 0.5) is 5.69 Å². The minimum absolute atomic E-state index is 0.0562. The van der Waals surface area contributed by atoms with Gasteiger partial charge in [0.25, 0.3) is 0 Å². The van der Waals surface area contributed by atoms with E-state index in [9.17, 15) is 5.11 Å². The van der Waals surface area contributed by atoms with Crippen LogP contribution in [0.2, 0.25) is 0 Å². The third kappa shape index (κ3) is 2.26. The molecule has 1 aromatic rings. The molecule has 0 spiro atoms. The molecule has 0 amide bonds. The maximum Gasteiger partial charge on any atom is 0.142 e. The average Bonchev–Trinajstić information content (AvgIpc) is 2.09. The summed E-state index contributed by atoms with van der Waals surface area (Å²) in [6.45, 7) is 1.90. The molecular formula is C9H13NO3. The number of ether oxygens (including phenoxy) is 1. The summed E-state index contributed by atoms with van der Waals surface area (Å²) in [7, 11) is 0. The van der Waals surface area contributed by atoms with E-state index in [-0.39, 0.29) is 19.0 Å². The van der Waals surface area contributed by atoms with Gasteiger partial charge in [-0.05, 0) is 18.6 Å². The van der Waals surface area contributed by atoms with E-state index in [2.05, 4.69) is 0 Å². The monoisotopic (exact) mass is 183 g/mol. The lowest BCUT2D eigenvalue weighted by molar-refractivity contribution is 0.202. The lowest BCUT2D eigenvalue weighted by Crippen LogP contribution is -2.04. The van der Waals surface area contributed by atoms with Crippen molar-refractivity contribution in [2.24, 2.45) is 0 Å². The molecule has 0 bridgehead atoms.